The molecule has 1 aromatic carbocycles. The molecule has 2 saturated carbocycles. The molecule has 1 aromatic rings. The van der Waals surface area contributed by atoms with Crippen molar-refractivity contribution in [2.24, 2.45) is 29.1 Å². The van der Waals surface area contributed by atoms with Crippen molar-refractivity contribution in [3.05, 3.63) is 23.8 Å². The molecule has 1 unspecified atom stereocenters. The number of hydrogen-bond donors (Lipinski definition) is 0. The molecule has 0 bridgehead atoms. The minimum atomic E-state index is 0.578. The van der Waals surface area contributed by atoms with Crippen molar-refractivity contribution < 1.29 is 0 Å². The molecule has 2 aliphatic carbocycles. The van der Waals surface area contributed by atoms with Gasteiger partial charge in [-0.15, -0.1) is 0 Å². The second-order valence-electron chi connectivity index (χ2n) is 10.6. The highest BCUT2D eigenvalue weighted by molar-refractivity contribution is 6.49. The van der Waals surface area contributed by atoms with Crippen LogP contribution in [0.2, 0.25) is 0 Å². The van der Waals surface area contributed by atoms with Gasteiger partial charge in [0.1, 0.15) is 15.7 Å². The fourth-order valence-corrected chi connectivity index (χ4v) is 6.64. The Bertz CT molecular complexity index is 607. The van der Waals surface area contributed by atoms with Gasteiger partial charge in [-0.3, -0.25) is 0 Å². The first-order valence-electron chi connectivity index (χ1n) is 11.9. The molecule has 0 saturated heterocycles. The van der Waals surface area contributed by atoms with Crippen LogP contribution in [-0.4, -0.2) is 15.7 Å². The standard InChI is InChI=1S/C25H42B2/c1-5-25(4,20-13-9-18(10-14-20)17(2)3)21-15-11-19(12-16-21)22-7-6-8-23(26)24(22)27/h6-8,17-21H,5,9-16,26-27H2,1-4H3. The van der Waals surface area contributed by atoms with E-state index in [2.05, 4.69) is 61.6 Å². The molecular weight excluding hydrogens is 322 g/mol. The predicted molar refractivity (Wildman–Crippen MR) is 126 cm³/mol. The van der Waals surface area contributed by atoms with Crippen LogP contribution in [0.3, 0.4) is 0 Å². The Labute approximate surface area is 171 Å². The van der Waals surface area contributed by atoms with E-state index in [1.54, 1.807) is 11.0 Å². The predicted octanol–water partition coefficient (Wildman–Crippen LogP) is 4.36. The maximum Gasteiger partial charge on any atom is 0.138 e. The Kier molecular flexibility index (Phi) is 6.86. The first kappa shape index (κ1) is 21.1. The lowest BCUT2D eigenvalue weighted by atomic mass is 9.56. The fraction of sp³-hybridized carbons (Fsp3) is 0.760. The van der Waals surface area contributed by atoms with Gasteiger partial charge in [0.05, 0.1) is 0 Å². The van der Waals surface area contributed by atoms with E-state index < -0.39 is 0 Å². The molecule has 0 nitrogen and oxygen atoms in total. The van der Waals surface area contributed by atoms with Gasteiger partial charge in [0, 0.05) is 0 Å². The van der Waals surface area contributed by atoms with Crippen LogP contribution in [0.15, 0.2) is 18.2 Å². The summed E-state index contributed by atoms with van der Waals surface area (Å²) < 4.78 is 0. The zero-order valence-corrected chi connectivity index (χ0v) is 19.0. The van der Waals surface area contributed by atoms with Crippen LogP contribution in [0.25, 0.3) is 0 Å². The van der Waals surface area contributed by atoms with E-state index in [-0.39, 0.29) is 0 Å². The third-order valence-corrected chi connectivity index (χ3v) is 9.16. The number of benzene rings is 1. The van der Waals surface area contributed by atoms with E-state index in [1.807, 2.05) is 0 Å². The third-order valence-electron chi connectivity index (χ3n) is 9.16. The Balaban J connectivity index is 1.64. The molecule has 0 N–H and O–H groups in total. The second kappa shape index (κ2) is 8.79. The van der Waals surface area contributed by atoms with Gasteiger partial charge in [-0.25, -0.2) is 0 Å². The summed E-state index contributed by atoms with van der Waals surface area (Å²) in [5.41, 5.74) is 5.24. The summed E-state index contributed by atoms with van der Waals surface area (Å²) in [6, 6.07) is 6.94. The van der Waals surface area contributed by atoms with Crippen LogP contribution in [0.5, 0.6) is 0 Å². The van der Waals surface area contributed by atoms with Gasteiger partial charge in [0.2, 0.25) is 0 Å². The third kappa shape index (κ3) is 4.35. The van der Waals surface area contributed by atoms with E-state index in [0.717, 1.165) is 29.6 Å². The summed E-state index contributed by atoms with van der Waals surface area (Å²) in [6.07, 6.45) is 13.0. The summed E-state index contributed by atoms with van der Waals surface area (Å²) in [4.78, 5) is 0. The highest BCUT2D eigenvalue weighted by atomic mass is 14.5. The minimum Gasteiger partial charge on any atom is -0.0949 e. The zero-order chi connectivity index (χ0) is 19.6. The molecule has 27 heavy (non-hydrogen) atoms. The normalized spacial score (nSPS) is 31.6. The van der Waals surface area contributed by atoms with Crippen molar-refractivity contribution in [1.82, 2.24) is 0 Å². The second-order valence-corrected chi connectivity index (χ2v) is 10.6. The Hall–Kier alpha value is -0.650. The SMILES string of the molecule is Bc1cccc(C2CCC(C(C)(CC)C3CCC(C(C)C)CC3)CC2)c1B. The lowest BCUT2D eigenvalue weighted by molar-refractivity contribution is 0.0197. The number of hydrogen-bond acceptors (Lipinski definition) is 0. The average molecular weight is 364 g/mol. The molecule has 1 atom stereocenters. The lowest BCUT2D eigenvalue weighted by Gasteiger charge is -2.49. The molecule has 0 spiro atoms. The van der Waals surface area contributed by atoms with Crippen molar-refractivity contribution in [3.8, 4) is 0 Å². The summed E-state index contributed by atoms with van der Waals surface area (Å²) >= 11 is 0. The van der Waals surface area contributed by atoms with Crippen LogP contribution in [0.4, 0.5) is 0 Å². The van der Waals surface area contributed by atoms with Crippen molar-refractivity contribution >= 4 is 26.6 Å². The van der Waals surface area contributed by atoms with Crippen LogP contribution >= 0.6 is 0 Å². The molecule has 0 aromatic heterocycles. The molecule has 0 amide bonds. The highest BCUT2D eigenvalue weighted by Gasteiger charge is 2.42. The molecule has 3 rings (SSSR count). The first-order chi connectivity index (χ1) is 12.9. The van der Waals surface area contributed by atoms with Gasteiger partial charge in [0.15, 0.2) is 0 Å². The van der Waals surface area contributed by atoms with E-state index in [4.69, 9.17) is 0 Å². The summed E-state index contributed by atoms with van der Waals surface area (Å²) in [5.74, 6) is 4.59. The summed E-state index contributed by atoms with van der Waals surface area (Å²) in [5, 5.41) is 0. The van der Waals surface area contributed by atoms with Gasteiger partial charge in [-0.2, -0.15) is 0 Å². The Morgan fingerprint density at radius 1 is 0.926 bits per heavy atom. The summed E-state index contributed by atoms with van der Waals surface area (Å²) in [6.45, 7) is 10.00. The maximum atomic E-state index is 2.66. The molecule has 148 valence electrons. The molecular formula is C25H42B2. The van der Waals surface area contributed by atoms with Gasteiger partial charge >= 0.3 is 0 Å². The van der Waals surface area contributed by atoms with E-state index >= 15 is 0 Å². The van der Waals surface area contributed by atoms with Crippen LogP contribution in [0.1, 0.15) is 97.0 Å². The monoisotopic (exact) mass is 364 g/mol. The number of rotatable bonds is 5. The van der Waals surface area contributed by atoms with Gasteiger partial charge < -0.3 is 0 Å². The molecule has 0 heterocycles. The Morgan fingerprint density at radius 2 is 1.48 bits per heavy atom. The van der Waals surface area contributed by atoms with Crippen molar-refractivity contribution in [2.75, 3.05) is 0 Å². The first-order valence-corrected chi connectivity index (χ1v) is 11.9. The van der Waals surface area contributed by atoms with Crippen molar-refractivity contribution in [2.45, 2.75) is 91.4 Å². The van der Waals surface area contributed by atoms with Crippen LogP contribution < -0.4 is 10.9 Å². The van der Waals surface area contributed by atoms with Crippen molar-refractivity contribution in [1.29, 1.82) is 0 Å². The van der Waals surface area contributed by atoms with E-state index in [0.29, 0.717) is 5.41 Å². The maximum absolute atomic E-state index is 2.66. The van der Waals surface area contributed by atoms with Crippen LogP contribution in [-0.2, 0) is 0 Å². The average Bonchev–Trinajstić information content (AvgIpc) is 2.69. The minimum absolute atomic E-state index is 0.578. The molecule has 2 aliphatic rings. The van der Waals surface area contributed by atoms with Crippen LogP contribution in [0, 0.1) is 29.1 Å². The quantitative estimate of drug-likeness (QED) is 0.682. The molecule has 2 fully saturated rings. The van der Waals surface area contributed by atoms with E-state index in [1.165, 1.54) is 63.3 Å². The molecule has 0 aliphatic heterocycles. The lowest BCUT2D eigenvalue weighted by Crippen LogP contribution is -2.40. The largest absolute Gasteiger partial charge is 0.138 e. The molecule has 0 radical (unpaired) electrons. The van der Waals surface area contributed by atoms with Gasteiger partial charge in [-0.1, -0.05) is 68.8 Å². The zero-order valence-electron chi connectivity index (χ0n) is 19.0. The van der Waals surface area contributed by atoms with Gasteiger partial charge in [0.25, 0.3) is 0 Å². The Morgan fingerprint density at radius 3 is 2.00 bits per heavy atom. The smallest absolute Gasteiger partial charge is 0.0949 e. The van der Waals surface area contributed by atoms with E-state index in [9.17, 15) is 0 Å². The summed E-state index contributed by atoms with van der Waals surface area (Å²) in [7, 11) is 4.60. The molecule has 2 heteroatoms. The van der Waals surface area contributed by atoms with Crippen molar-refractivity contribution in [3.63, 3.8) is 0 Å². The highest BCUT2D eigenvalue weighted by Crippen LogP contribution is 2.53. The van der Waals surface area contributed by atoms with Gasteiger partial charge in [-0.05, 0) is 86.4 Å². The topological polar surface area (TPSA) is 0 Å². The fourth-order valence-electron chi connectivity index (χ4n) is 6.64.